The van der Waals surface area contributed by atoms with Crippen LogP contribution >= 0.6 is 0 Å². The van der Waals surface area contributed by atoms with Crippen molar-refractivity contribution in [2.24, 2.45) is 0 Å². The van der Waals surface area contributed by atoms with Gasteiger partial charge in [0.15, 0.2) is 5.78 Å². The maximum absolute atomic E-state index is 12.6. The molecule has 0 aliphatic carbocycles. The molecule has 1 aromatic heterocycles. The van der Waals surface area contributed by atoms with Crippen LogP contribution in [0.2, 0.25) is 0 Å². The number of nitrogens with two attached hydrogens (primary N) is 1. The molecule has 0 amide bonds. The molecule has 1 heterocycles. The lowest BCUT2D eigenvalue weighted by Gasteiger charge is -2.07. The number of nitrogen functional groups attached to an aromatic ring is 1. The number of para-hydroxylation sites is 1. The van der Waals surface area contributed by atoms with Gasteiger partial charge >= 0.3 is 0 Å². The van der Waals surface area contributed by atoms with E-state index in [0.717, 1.165) is 10.9 Å². The van der Waals surface area contributed by atoms with Crippen LogP contribution in [0.15, 0.2) is 60.8 Å². The number of fused-ring (bicyclic) bond motifs is 1. The van der Waals surface area contributed by atoms with E-state index in [1.54, 1.807) is 24.4 Å². The second-order valence-corrected chi connectivity index (χ2v) is 4.29. The van der Waals surface area contributed by atoms with E-state index in [1.165, 1.54) is 0 Å². The summed E-state index contributed by atoms with van der Waals surface area (Å²) in [5, 5.41) is 0.846. The lowest BCUT2D eigenvalue weighted by Crippen LogP contribution is -2.05. The third-order valence-corrected chi connectivity index (χ3v) is 3.10. The van der Waals surface area contributed by atoms with E-state index in [1.807, 2.05) is 36.4 Å². The van der Waals surface area contributed by atoms with Crippen molar-refractivity contribution < 1.29 is 4.79 Å². The molecule has 3 aromatic rings. The standard InChI is InChI=1S/C16H12N2O/c17-14-8-2-1-5-13(14)16(19)12-6-3-9-15-11(12)7-4-10-18-15/h1-10H,17H2. The minimum atomic E-state index is -0.0725. The Bertz CT molecular complexity index is 760. The molecule has 3 rings (SSSR count). The Morgan fingerprint density at radius 2 is 1.68 bits per heavy atom. The fourth-order valence-corrected chi connectivity index (χ4v) is 2.15. The van der Waals surface area contributed by atoms with Gasteiger partial charge in [-0.25, -0.2) is 0 Å². The summed E-state index contributed by atoms with van der Waals surface area (Å²) in [6.45, 7) is 0. The van der Waals surface area contributed by atoms with Crippen molar-refractivity contribution in [2.45, 2.75) is 0 Å². The van der Waals surface area contributed by atoms with E-state index >= 15 is 0 Å². The van der Waals surface area contributed by atoms with Crippen molar-refractivity contribution in [1.82, 2.24) is 4.98 Å². The molecule has 0 bridgehead atoms. The van der Waals surface area contributed by atoms with Gasteiger partial charge in [-0.1, -0.05) is 30.3 Å². The summed E-state index contributed by atoms with van der Waals surface area (Å²) in [6, 6.07) is 16.4. The first kappa shape index (κ1) is 11.4. The number of pyridine rings is 1. The number of benzene rings is 2. The van der Waals surface area contributed by atoms with Crippen molar-refractivity contribution in [1.29, 1.82) is 0 Å². The zero-order chi connectivity index (χ0) is 13.2. The highest BCUT2D eigenvalue weighted by atomic mass is 16.1. The number of anilines is 1. The predicted octanol–water partition coefficient (Wildman–Crippen LogP) is 3.05. The van der Waals surface area contributed by atoms with Gasteiger partial charge in [-0.2, -0.15) is 0 Å². The van der Waals surface area contributed by atoms with E-state index in [-0.39, 0.29) is 5.78 Å². The molecule has 2 N–H and O–H groups in total. The van der Waals surface area contributed by atoms with E-state index in [4.69, 9.17) is 5.73 Å². The Kier molecular flexibility index (Phi) is 2.72. The average Bonchev–Trinajstić information content (AvgIpc) is 2.46. The number of carbonyl (C=O) groups excluding carboxylic acids is 1. The molecule has 92 valence electrons. The summed E-state index contributed by atoms with van der Waals surface area (Å²) in [4.78, 5) is 16.8. The molecule has 2 aromatic carbocycles. The first-order chi connectivity index (χ1) is 9.27. The molecule has 0 radical (unpaired) electrons. The van der Waals surface area contributed by atoms with Gasteiger partial charge in [-0.3, -0.25) is 9.78 Å². The zero-order valence-corrected chi connectivity index (χ0v) is 10.2. The van der Waals surface area contributed by atoms with Crippen molar-refractivity contribution in [2.75, 3.05) is 5.73 Å². The third-order valence-electron chi connectivity index (χ3n) is 3.10. The van der Waals surface area contributed by atoms with E-state index in [9.17, 15) is 4.79 Å². The quantitative estimate of drug-likeness (QED) is 0.560. The van der Waals surface area contributed by atoms with Gasteiger partial charge in [0.25, 0.3) is 0 Å². The molecule has 0 unspecified atom stereocenters. The zero-order valence-electron chi connectivity index (χ0n) is 10.2. The highest BCUT2D eigenvalue weighted by molar-refractivity contribution is 6.18. The van der Waals surface area contributed by atoms with Crippen LogP contribution in [0, 0.1) is 0 Å². The highest BCUT2D eigenvalue weighted by Crippen LogP contribution is 2.22. The van der Waals surface area contributed by atoms with Gasteiger partial charge in [0.2, 0.25) is 0 Å². The normalized spacial score (nSPS) is 10.5. The Hall–Kier alpha value is -2.68. The van der Waals surface area contributed by atoms with Crippen LogP contribution in [0.5, 0.6) is 0 Å². The van der Waals surface area contributed by atoms with Crippen molar-refractivity contribution >= 4 is 22.4 Å². The van der Waals surface area contributed by atoms with Crippen LogP contribution in [0.25, 0.3) is 10.9 Å². The SMILES string of the molecule is Nc1ccccc1C(=O)c1cccc2ncccc12. The fourth-order valence-electron chi connectivity index (χ4n) is 2.15. The Morgan fingerprint density at radius 1 is 0.895 bits per heavy atom. The minimum absolute atomic E-state index is 0.0725. The molecular weight excluding hydrogens is 236 g/mol. The number of rotatable bonds is 2. The summed E-state index contributed by atoms with van der Waals surface area (Å²) in [5.41, 5.74) is 8.32. The van der Waals surface area contributed by atoms with Crippen LogP contribution < -0.4 is 5.73 Å². The van der Waals surface area contributed by atoms with Crippen molar-refractivity contribution in [3.8, 4) is 0 Å². The molecular formula is C16H12N2O. The molecule has 19 heavy (non-hydrogen) atoms. The van der Waals surface area contributed by atoms with Crippen LogP contribution in [0.4, 0.5) is 5.69 Å². The van der Waals surface area contributed by atoms with E-state index < -0.39 is 0 Å². The van der Waals surface area contributed by atoms with Gasteiger partial charge in [0.05, 0.1) is 5.52 Å². The largest absolute Gasteiger partial charge is 0.398 e. The summed E-state index contributed by atoms with van der Waals surface area (Å²) in [7, 11) is 0. The second-order valence-electron chi connectivity index (χ2n) is 4.29. The summed E-state index contributed by atoms with van der Waals surface area (Å²) in [6.07, 6.45) is 1.72. The summed E-state index contributed by atoms with van der Waals surface area (Å²) >= 11 is 0. The van der Waals surface area contributed by atoms with E-state index in [0.29, 0.717) is 16.8 Å². The van der Waals surface area contributed by atoms with Gasteiger partial charge < -0.3 is 5.73 Å². The second kappa shape index (κ2) is 4.53. The number of carbonyl (C=O) groups is 1. The maximum Gasteiger partial charge on any atom is 0.195 e. The van der Waals surface area contributed by atoms with Crippen LogP contribution in [-0.2, 0) is 0 Å². The fraction of sp³-hybridized carbons (Fsp3) is 0. The molecule has 3 nitrogen and oxygen atoms in total. The van der Waals surface area contributed by atoms with Crippen LogP contribution in [-0.4, -0.2) is 10.8 Å². The first-order valence-corrected chi connectivity index (χ1v) is 6.00. The number of aromatic nitrogens is 1. The molecule has 0 atom stereocenters. The molecule has 0 aliphatic heterocycles. The molecule has 0 saturated carbocycles. The third kappa shape index (κ3) is 1.95. The molecule has 0 spiro atoms. The van der Waals surface area contributed by atoms with Gasteiger partial charge in [-0.15, -0.1) is 0 Å². The summed E-state index contributed by atoms with van der Waals surface area (Å²) < 4.78 is 0. The molecule has 0 fully saturated rings. The first-order valence-electron chi connectivity index (χ1n) is 6.00. The van der Waals surface area contributed by atoms with Gasteiger partial charge in [-0.05, 0) is 24.3 Å². The summed E-state index contributed by atoms with van der Waals surface area (Å²) in [5.74, 6) is -0.0725. The number of hydrogen-bond acceptors (Lipinski definition) is 3. The van der Waals surface area contributed by atoms with Gasteiger partial charge in [0.1, 0.15) is 0 Å². The lowest BCUT2D eigenvalue weighted by molar-refractivity contribution is 0.104. The Morgan fingerprint density at radius 3 is 2.53 bits per heavy atom. The predicted molar refractivity (Wildman–Crippen MR) is 76.0 cm³/mol. The number of hydrogen-bond donors (Lipinski definition) is 1. The van der Waals surface area contributed by atoms with E-state index in [2.05, 4.69) is 4.98 Å². The van der Waals surface area contributed by atoms with Gasteiger partial charge in [0, 0.05) is 28.4 Å². The highest BCUT2D eigenvalue weighted by Gasteiger charge is 2.14. The number of nitrogens with zero attached hydrogens (tertiary/aromatic N) is 1. The lowest BCUT2D eigenvalue weighted by atomic mass is 9.98. The molecule has 3 heteroatoms. The smallest absolute Gasteiger partial charge is 0.195 e. The Balaban J connectivity index is 2.20. The monoisotopic (exact) mass is 248 g/mol. The van der Waals surface area contributed by atoms with Crippen molar-refractivity contribution in [3.63, 3.8) is 0 Å². The number of ketones is 1. The topological polar surface area (TPSA) is 56.0 Å². The average molecular weight is 248 g/mol. The van der Waals surface area contributed by atoms with Crippen LogP contribution in [0.1, 0.15) is 15.9 Å². The Labute approximate surface area is 110 Å². The van der Waals surface area contributed by atoms with Crippen molar-refractivity contribution in [3.05, 3.63) is 71.9 Å². The maximum atomic E-state index is 12.6. The minimum Gasteiger partial charge on any atom is -0.398 e. The van der Waals surface area contributed by atoms with Crippen LogP contribution in [0.3, 0.4) is 0 Å². The molecule has 0 aliphatic rings. The molecule has 0 saturated heterocycles.